The monoisotopic (exact) mass is 339 g/mol. The molecular weight excluding hydrogens is 319 g/mol. The molecule has 0 saturated carbocycles. The van der Waals surface area contributed by atoms with Crippen molar-refractivity contribution in [1.29, 1.82) is 5.26 Å². The summed E-state index contributed by atoms with van der Waals surface area (Å²) in [6.45, 7) is 5.81. The highest BCUT2D eigenvalue weighted by Gasteiger charge is 2.35. The van der Waals surface area contributed by atoms with Gasteiger partial charge in [-0.15, -0.1) is 0 Å². The standard InChI is InChI=1S/C17H20F3N3O/c18-17(19,20)16-9-15(2-1-14(16)10-21)23-4-3-13(12-23)11-22-5-7-24-8-6-22/h1-2,9,13H,3-8,11-12H2/t13-/m1/s1. The van der Waals surface area contributed by atoms with E-state index in [1.54, 1.807) is 12.1 Å². The van der Waals surface area contributed by atoms with E-state index in [4.69, 9.17) is 10.00 Å². The minimum atomic E-state index is -4.51. The largest absolute Gasteiger partial charge is 0.417 e. The Morgan fingerprint density at radius 2 is 1.96 bits per heavy atom. The Balaban J connectivity index is 1.68. The van der Waals surface area contributed by atoms with Crippen LogP contribution in [0.4, 0.5) is 18.9 Å². The van der Waals surface area contributed by atoms with E-state index in [2.05, 4.69) is 4.90 Å². The van der Waals surface area contributed by atoms with Crippen LogP contribution in [0.3, 0.4) is 0 Å². The van der Waals surface area contributed by atoms with Crippen molar-refractivity contribution in [3.8, 4) is 6.07 Å². The van der Waals surface area contributed by atoms with Crippen LogP contribution < -0.4 is 4.90 Å². The Morgan fingerprint density at radius 3 is 2.62 bits per heavy atom. The molecule has 2 aliphatic heterocycles. The smallest absolute Gasteiger partial charge is 0.379 e. The van der Waals surface area contributed by atoms with Crippen LogP contribution >= 0.6 is 0 Å². The zero-order valence-electron chi connectivity index (χ0n) is 13.4. The van der Waals surface area contributed by atoms with Crippen molar-refractivity contribution in [2.24, 2.45) is 5.92 Å². The van der Waals surface area contributed by atoms with Gasteiger partial charge in [-0.25, -0.2) is 0 Å². The van der Waals surface area contributed by atoms with Crippen molar-refractivity contribution in [1.82, 2.24) is 4.90 Å². The topological polar surface area (TPSA) is 39.5 Å². The third kappa shape index (κ3) is 3.82. The van der Waals surface area contributed by atoms with Crippen LogP contribution in [0.1, 0.15) is 17.5 Å². The minimum Gasteiger partial charge on any atom is -0.379 e. The van der Waals surface area contributed by atoms with Gasteiger partial charge in [-0.3, -0.25) is 4.90 Å². The van der Waals surface area contributed by atoms with Crippen LogP contribution in [0.2, 0.25) is 0 Å². The van der Waals surface area contributed by atoms with E-state index in [9.17, 15) is 13.2 Å². The molecule has 130 valence electrons. The maximum atomic E-state index is 13.1. The molecule has 0 amide bonds. The molecule has 2 aliphatic rings. The molecule has 0 unspecified atom stereocenters. The summed E-state index contributed by atoms with van der Waals surface area (Å²) in [5.41, 5.74) is -0.625. The first-order valence-corrected chi connectivity index (χ1v) is 8.14. The molecule has 2 fully saturated rings. The lowest BCUT2D eigenvalue weighted by atomic mass is 10.1. The maximum Gasteiger partial charge on any atom is 0.417 e. The molecule has 0 spiro atoms. The van der Waals surface area contributed by atoms with Gasteiger partial charge in [0.2, 0.25) is 0 Å². The number of nitrogens with zero attached hydrogens (tertiary/aromatic N) is 3. The molecule has 0 radical (unpaired) electrons. The molecule has 4 nitrogen and oxygen atoms in total. The van der Waals surface area contributed by atoms with E-state index in [1.165, 1.54) is 6.07 Å². The summed E-state index contributed by atoms with van der Waals surface area (Å²) in [5.74, 6) is 0.452. The lowest BCUT2D eigenvalue weighted by molar-refractivity contribution is -0.137. The third-order valence-corrected chi connectivity index (χ3v) is 4.70. The first kappa shape index (κ1) is 17.1. The minimum absolute atomic E-state index is 0.324. The summed E-state index contributed by atoms with van der Waals surface area (Å²) in [5, 5.41) is 8.88. The highest BCUT2D eigenvalue weighted by molar-refractivity contribution is 5.55. The Bertz CT molecular complexity index is 620. The van der Waals surface area contributed by atoms with E-state index < -0.39 is 11.7 Å². The average molecular weight is 339 g/mol. The van der Waals surface area contributed by atoms with Crippen LogP contribution in [0.15, 0.2) is 18.2 Å². The van der Waals surface area contributed by atoms with Gasteiger partial charge < -0.3 is 9.64 Å². The molecule has 0 N–H and O–H groups in total. The molecule has 0 aromatic heterocycles. The number of hydrogen-bond donors (Lipinski definition) is 0. The fraction of sp³-hybridized carbons (Fsp3) is 0.588. The Morgan fingerprint density at radius 1 is 1.21 bits per heavy atom. The quantitative estimate of drug-likeness (QED) is 0.849. The normalized spacial score (nSPS) is 22.6. The second-order valence-electron chi connectivity index (χ2n) is 6.35. The van der Waals surface area contributed by atoms with E-state index in [-0.39, 0.29) is 5.56 Å². The first-order valence-electron chi connectivity index (χ1n) is 8.14. The number of alkyl halides is 3. The third-order valence-electron chi connectivity index (χ3n) is 4.70. The van der Waals surface area contributed by atoms with Gasteiger partial charge in [0, 0.05) is 38.4 Å². The Labute approximate surface area is 139 Å². The average Bonchev–Trinajstić information content (AvgIpc) is 3.03. The number of morpholine rings is 1. The van der Waals surface area contributed by atoms with Crippen molar-refractivity contribution in [3.63, 3.8) is 0 Å². The molecular formula is C17H20F3N3O. The molecule has 1 aromatic rings. The van der Waals surface area contributed by atoms with Crippen molar-refractivity contribution < 1.29 is 17.9 Å². The summed E-state index contributed by atoms with van der Waals surface area (Å²) < 4.78 is 44.6. The van der Waals surface area contributed by atoms with Crippen molar-refractivity contribution in [2.75, 3.05) is 50.8 Å². The number of nitriles is 1. The van der Waals surface area contributed by atoms with E-state index in [0.29, 0.717) is 11.6 Å². The molecule has 1 atom stereocenters. The number of ether oxygens (including phenoxy) is 1. The van der Waals surface area contributed by atoms with Crippen LogP contribution in [0.25, 0.3) is 0 Å². The van der Waals surface area contributed by atoms with Gasteiger partial charge in [0.25, 0.3) is 0 Å². The fourth-order valence-electron chi connectivity index (χ4n) is 3.43. The van der Waals surface area contributed by atoms with Crippen LogP contribution in [-0.2, 0) is 10.9 Å². The van der Waals surface area contributed by atoms with Crippen molar-refractivity contribution >= 4 is 5.69 Å². The highest BCUT2D eigenvalue weighted by atomic mass is 19.4. The van der Waals surface area contributed by atoms with Gasteiger partial charge in [-0.2, -0.15) is 18.4 Å². The summed E-state index contributed by atoms with van der Waals surface area (Å²) in [7, 11) is 0. The van der Waals surface area contributed by atoms with Gasteiger partial charge in [0.15, 0.2) is 0 Å². The second kappa shape index (κ2) is 6.99. The van der Waals surface area contributed by atoms with Crippen molar-refractivity contribution in [3.05, 3.63) is 29.3 Å². The zero-order valence-corrected chi connectivity index (χ0v) is 13.4. The molecule has 24 heavy (non-hydrogen) atoms. The molecule has 0 bridgehead atoms. The summed E-state index contributed by atoms with van der Waals surface area (Å²) in [6.07, 6.45) is -3.54. The van der Waals surface area contributed by atoms with Crippen LogP contribution in [0, 0.1) is 17.2 Å². The molecule has 7 heteroatoms. The lowest BCUT2D eigenvalue weighted by Crippen LogP contribution is -2.39. The van der Waals surface area contributed by atoms with Gasteiger partial charge >= 0.3 is 6.18 Å². The summed E-state index contributed by atoms with van der Waals surface area (Å²) in [4.78, 5) is 4.35. The molecule has 0 aliphatic carbocycles. The molecule has 1 aromatic carbocycles. The lowest BCUT2D eigenvalue weighted by Gasteiger charge is -2.29. The number of rotatable bonds is 3. The summed E-state index contributed by atoms with van der Waals surface area (Å²) in [6, 6.07) is 5.62. The van der Waals surface area contributed by atoms with E-state index >= 15 is 0 Å². The predicted molar refractivity (Wildman–Crippen MR) is 83.7 cm³/mol. The van der Waals surface area contributed by atoms with Crippen molar-refractivity contribution in [2.45, 2.75) is 12.6 Å². The number of hydrogen-bond acceptors (Lipinski definition) is 4. The van der Waals surface area contributed by atoms with Gasteiger partial charge in [-0.05, 0) is 30.5 Å². The Hall–Kier alpha value is -1.78. The Kier molecular flexibility index (Phi) is 4.97. The second-order valence-corrected chi connectivity index (χ2v) is 6.35. The van der Waals surface area contributed by atoms with Crippen LogP contribution in [-0.4, -0.2) is 50.8 Å². The van der Waals surface area contributed by atoms with E-state index in [1.807, 2.05) is 4.90 Å². The zero-order chi connectivity index (χ0) is 17.2. The maximum absolute atomic E-state index is 13.1. The van der Waals surface area contributed by atoms with E-state index in [0.717, 1.165) is 58.4 Å². The summed E-state index contributed by atoms with van der Waals surface area (Å²) >= 11 is 0. The SMILES string of the molecule is N#Cc1ccc(N2CC[C@H](CN3CCOCC3)C2)cc1C(F)(F)F. The van der Waals surface area contributed by atoms with Crippen LogP contribution in [0.5, 0.6) is 0 Å². The molecule has 2 heterocycles. The predicted octanol–water partition coefficient (Wildman–Crippen LogP) is 2.74. The first-order chi connectivity index (χ1) is 11.5. The highest BCUT2D eigenvalue weighted by Crippen LogP contribution is 2.35. The van der Waals surface area contributed by atoms with Gasteiger partial charge in [-0.1, -0.05) is 0 Å². The number of benzene rings is 1. The molecule has 2 saturated heterocycles. The number of anilines is 1. The molecule has 3 rings (SSSR count). The van der Waals surface area contributed by atoms with Gasteiger partial charge in [0.05, 0.1) is 30.4 Å². The number of halogens is 3. The fourth-order valence-corrected chi connectivity index (χ4v) is 3.43. The van der Waals surface area contributed by atoms with Gasteiger partial charge in [0.1, 0.15) is 0 Å².